The first-order valence-electron chi connectivity index (χ1n) is 11.7. The minimum absolute atomic E-state index is 0.123. The standard InChI is InChI=1S/C24H34FN5O2/c1-18-15-30(20-5-12-29(13-6-20)16-24(25)7-10-26-11-8-24)22-3-2-19(14-21(18)22)28-23(32)4-9-27-17-31/h2-3,14-15,17,20,26H,4-13,16H2,1H3,(H,27,31)(H,28,32). The largest absolute Gasteiger partial charge is 0.358 e. The van der Waals surface area contributed by atoms with E-state index in [1.165, 1.54) is 11.1 Å². The van der Waals surface area contributed by atoms with E-state index >= 15 is 4.39 Å². The van der Waals surface area contributed by atoms with E-state index in [1.807, 2.05) is 12.1 Å². The van der Waals surface area contributed by atoms with E-state index in [4.69, 9.17) is 0 Å². The lowest BCUT2D eigenvalue weighted by atomic mass is 9.92. The lowest BCUT2D eigenvalue weighted by molar-refractivity contribution is -0.116. The minimum atomic E-state index is -1.04. The molecule has 174 valence electrons. The molecule has 2 amide bonds. The molecule has 0 bridgehead atoms. The number of carbonyl (C=O) groups excluding carboxylic acids is 2. The summed E-state index contributed by atoms with van der Waals surface area (Å²) in [7, 11) is 0. The molecule has 2 saturated heterocycles. The highest BCUT2D eigenvalue weighted by Crippen LogP contribution is 2.33. The molecule has 3 N–H and O–H groups in total. The molecule has 7 nitrogen and oxygen atoms in total. The van der Waals surface area contributed by atoms with Crippen molar-refractivity contribution in [3.63, 3.8) is 0 Å². The van der Waals surface area contributed by atoms with Gasteiger partial charge in [0.1, 0.15) is 5.67 Å². The Balaban J connectivity index is 1.38. The molecule has 0 atom stereocenters. The van der Waals surface area contributed by atoms with Crippen LogP contribution < -0.4 is 16.0 Å². The van der Waals surface area contributed by atoms with E-state index in [-0.39, 0.29) is 12.3 Å². The summed E-state index contributed by atoms with van der Waals surface area (Å²) in [6, 6.07) is 6.42. The highest BCUT2D eigenvalue weighted by Gasteiger charge is 2.35. The fraction of sp³-hybridized carbons (Fsp3) is 0.583. The van der Waals surface area contributed by atoms with E-state index in [0.29, 0.717) is 38.4 Å². The monoisotopic (exact) mass is 443 g/mol. The number of benzene rings is 1. The highest BCUT2D eigenvalue weighted by atomic mass is 19.1. The number of amides is 2. The molecule has 0 radical (unpaired) electrons. The normalized spacial score (nSPS) is 19.7. The van der Waals surface area contributed by atoms with Crippen molar-refractivity contribution in [3.05, 3.63) is 30.0 Å². The molecule has 3 heterocycles. The van der Waals surface area contributed by atoms with Gasteiger partial charge in [0, 0.05) is 61.4 Å². The Kier molecular flexibility index (Phi) is 7.10. The van der Waals surface area contributed by atoms with Gasteiger partial charge in [-0.25, -0.2) is 4.39 Å². The summed E-state index contributed by atoms with van der Waals surface area (Å²) in [6.45, 7) is 6.37. The van der Waals surface area contributed by atoms with Crippen LogP contribution in [-0.2, 0) is 9.59 Å². The first kappa shape index (κ1) is 22.7. The van der Waals surface area contributed by atoms with Gasteiger partial charge in [0.05, 0.1) is 0 Å². The van der Waals surface area contributed by atoms with Crippen LogP contribution >= 0.6 is 0 Å². The van der Waals surface area contributed by atoms with Crippen molar-refractivity contribution in [1.82, 2.24) is 20.1 Å². The Morgan fingerprint density at radius 1 is 1.28 bits per heavy atom. The van der Waals surface area contributed by atoms with Crippen LogP contribution in [0.5, 0.6) is 0 Å². The van der Waals surface area contributed by atoms with E-state index in [0.717, 1.165) is 50.1 Å². The molecule has 0 unspecified atom stereocenters. The Bertz CT molecular complexity index is 945. The Morgan fingerprint density at radius 2 is 2.03 bits per heavy atom. The lowest BCUT2D eigenvalue weighted by Crippen LogP contribution is -2.48. The molecule has 2 fully saturated rings. The minimum Gasteiger partial charge on any atom is -0.358 e. The first-order chi connectivity index (χ1) is 15.5. The number of rotatable bonds is 8. The fourth-order valence-electron chi connectivity index (χ4n) is 5.06. The number of aryl methyl sites for hydroxylation is 1. The van der Waals surface area contributed by atoms with Crippen molar-refractivity contribution in [2.24, 2.45) is 0 Å². The molecule has 8 heteroatoms. The van der Waals surface area contributed by atoms with Crippen molar-refractivity contribution < 1.29 is 14.0 Å². The number of aromatic nitrogens is 1. The van der Waals surface area contributed by atoms with Crippen LogP contribution in [0.3, 0.4) is 0 Å². The number of halogens is 1. The van der Waals surface area contributed by atoms with Gasteiger partial charge in [-0.2, -0.15) is 0 Å². The van der Waals surface area contributed by atoms with Crippen molar-refractivity contribution in [1.29, 1.82) is 0 Å². The average Bonchev–Trinajstić information content (AvgIpc) is 3.11. The molecule has 2 aliphatic heterocycles. The number of hydrogen-bond donors (Lipinski definition) is 3. The molecule has 0 saturated carbocycles. The summed E-state index contributed by atoms with van der Waals surface area (Å²) in [5.74, 6) is -0.123. The molecular weight excluding hydrogens is 409 g/mol. The number of piperidine rings is 2. The van der Waals surface area contributed by atoms with Gasteiger partial charge in [0.25, 0.3) is 0 Å². The van der Waals surface area contributed by atoms with Gasteiger partial charge in [-0.05, 0) is 69.5 Å². The molecule has 0 spiro atoms. The molecular formula is C24H34FN5O2. The highest BCUT2D eigenvalue weighted by molar-refractivity contribution is 5.95. The number of nitrogens with zero attached hydrogens (tertiary/aromatic N) is 2. The maximum atomic E-state index is 15.1. The van der Waals surface area contributed by atoms with Crippen LogP contribution in [0.1, 0.15) is 43.7 Å². The number of carbonyl (C=O) groups is 2. The second-order valence-corrected chi connectivity index (χ2v) is 9.23. The summed E-state index contributed by atoms with van der Waals surface area (Å²) >= 11 is 0. The third-order valence-corrected chi connectivity index (χ3v) is 6.85. The zero-order chi connectivity index (χ0) is 22.6. The predicted octanol–water partition coefficient (Wildman–Crippen LogP) is 2.75. The fourth-order valence-corrected chi connectivity index (χ4v) is 5.06. The van der Waals surface area contributed by atoms with Crippen LogP contribution in [0.15, 0.2) is 24.4 Å². The smallest absolute Gasteiger partial charge is 0.226 e. The molecule has 1 aromatic heterocycles. The van der Waals surface area contributed by atoms with Crippen LogP contribution in [0, 0.1) is 6.92 Å². The maximum Gasteiger partial charge on any atom is 0.226 e. The van der Waals surface area contributed by atoms with Crippen LogP contribution in [0.2, 0.25) is 0 Å². The van der Waals surface area contributed by atoms with E-state index < -0.39 is 5.67 Å². The topological polar surface area (TPSA) is 78.4 Å². The SMILES string of the molecule is Cc1cn(C2CCN(CC3(F)CCNCC3)CC2)c2ccc(NC(=O)CCNC=O)cc12. The molecule has 4 rings (SSSR count). The Hall–Kier alpha value is -2.45. The van der Waals surface area contributed by atoms with Crippen LogP contribution in [0.25, 0.3) is 10.9 Å². The van der Waals surface area contributed by atoms with Crippen LogP contribution in [0.4, 0.5) is 10.1 Å². The van der Waals surface area contributed by atoms with Gasteiger partial charge in [0.15, 0.2) is 0 Å². The van der Waals surface area contributed by atoms with Crippen molar-refractivity contribution in [3.8, 4) is 0 Å². The van der Waals surface area contributed by atoms with E-state index in [2.05, 4.69) is 44.6 Å². The van der Waals surface area contributed by atoms with E-state index in [9.17, 15) is 9.59 Å². The average molecular weight is 444 g/mol. The summed E-state index contributed by atoms with van der Waals surface area (Å²) in [4.78, 5) is 24.7. The zero-order valence-electron chi connectivity index (χ0n) is 18.8. The third-order valence-electron chi connectivity index (χ3n) is 6.85. The van der Waals surface area contributed by atoms with Gasteiger partial charge in [0.2, 0.25) is 12.3 Å². The first-order valence-corrected chi connectivity index (χ1v) is 11.7. The predicted molar refractivity (Wildman–Crippen MR) is 125 cm³/mol. The van der Waals surface area contributed by atoms with Crippen LogP contribution in [-0.4, -0.2) is 66.7 Å². The van der Waals surface area contributed by atoms with Gasteiger partial charge >= 0.3 is 0 Å². The molecule has 2 aliphatic rings. The Morgan fingerprint density at radius 3 is 2.75 bits per heavy atom. The summed E-state index contributed by atoms with van der Waals surface area (Å²) in [5, 5.41) is 9.79. The maximum absolute atomic E-state index is 15.1. The summed E-state index contributed by atoms with van der Waals surface area (Å²) in [5.41, 5.74) is 2.07. The second kappa shape index (κ2) is 10.0. The Labute approximate surface area is 188 Å². The van der Waals surface area contributed by atoms with Crippen molar-refractivity contribution in [2.75, 3.05) is 44.6 Å². The quantitative estimate of drug-likeness (QED) is 0.433. The lowest BCUT2D eigenvalue weighted by Gasteiger charge is -2.39. The number of likely N-dealkylation sites (tertiary alicyclic amines) is 1. The number of alkyl halides is 1. The van der Waals surface area contributed by atoms with E-state index in [1.54, 1.807) is 0 Å². The number of nitrogens with one attached hydrogen (secondary N) is 3. The second-order valence-electron chi connectivity index (χ2n) is 9.23. The summed E-state index contributed by atoms with van der Waals surface area (Å²) < 4.78 is 17.4. The number of anilines is 1. The third kappa shape index (κ3) is 5.30. The van der Waals surface area contributed by atoms with Gasteiger partial charge < -0.3 is 25.4 Å². The molecule has 1 aromatic carbocycles. The zero-order valence-corrected chi connectivity index (χ0v) is 18.8. The van der Waals surface area contributed by atoms with Gasteiger partial charge in [-0.3, -0.25) is 9.59 Å². The summed E-state index contributed by atoms with van der Waals surface area (Å²) in [6.07, 6.45) is 6.29. The molecule has 32 heavy (non-hydrogen) atoms. The van der Waals surface area contributed by atoms with Gasteiger partial charge in [-0.15, -0.1) is 0 Å². The van der Waals surface area contributed by atoms with Crippen molar-refractivity contribution >= 4 is 28.9 Å². The van der Waals surface area contributed by atoms with Crippen molar-refractivity contribution in [2.45, 2.75) is 50.7 Å². The molecule has 0 aliphatic carbocycles. The van der Waals surface area contributed by atoms with Gasteiger partial charge in [-0.1, -0.05) is 0 Å². The number of fused-ring (bicyclic) bond motifs is 1. The molecule has 2 aromatic rings. The number of hydrogen-bond acceptors (Lipinski definition) is 4.